The summed E-state index contributed by atoms with van der Waals surface area (Å²) in [6, 6.07) is 14.9. The zero-order valence-electron chi connectivity index (χ0n) is 16.9. The monoisotopic (exact) mass is 398 g/mol. The standard InChI is InChI=1S/C22H26N2O5/c1-22(2,3)15-8-10-16(11-9-15)27-13-12-20(25)23-24-21(26)19-14-28-17-6-4-5-7-18(17)29-19/h4-11,19H,12-14H2,1-3H3,(H,23,25)(H,24,26)/t19-/m1/s1. The molecule has 2 aromatic rings. The number of hydrazine groups is 1. The summed E-state index contributed by atoms with van der Waals surface area (Å²) in [5, 5.41) is 0. The number of rotatable bonds is 5. The Hall–Kier alpha value is -3.22. The predicted octanol–water partition coefficient (Wildman–Crippen LogP) is 2.74. The van der Waals surface area contributed by atoms with Gasteiger partial charge in [-0.25, -0.2) is 0 Å². The van der Waals surface area contributed by atoms with Gasteiger partial charge in [0.2, 0.25) is 12.0 Å². The molecule has 0 radical (unpaired) electrons. The fraction of sp³-hybridized carbons (Fsp3) is 0.364. The zero-order valence-corrected chi connectivity index (χ0v) is 16.9. The average Bonchev–Trinajstić information content (AvgIpc) is 2.71. The maximum Gasteiger partial charge on any atom is 0.283 e. The first kappa shape index (κ1) is 20.5. The van der Waals surface area contributed by atoms with Gasteiger partial charge in [0.25, 0.3) is 5.91 Å². The molecule has 2 N–H and O–H groups in total. The van der Waals surface area contributed by atoms with E-state index in [0.717, 1.165) is 0 Å². The SMILES string of the molecule is CC(C)(C)c1ccc(OCCC(=O)NNC(=O)[C@H]2COc3ccccc3O2)cc1. The Morgan fingerprint density at radius 1 is 1.03 bits per heavy atom. The molecule has 7 heteroatoms. The highest BCUT2D eigenvalue weighted by molar-refractivity contribution is 5.85. The van der Waals surface area contributed by atoms with Crippen LogP contribution in [-0.2, 0) is 15.0 Å². The van der Waals surface area contributed by atoms with Gasteiger partial charge >= 0.3 is 0 Å². The van der Waals surface area contributed by atoms with Gasteiger partial charge in [0.1, 0.15) is 12.4 Å². The Morgan fingerprint density at radius 2 is 1.72 bits per heavy atom. The highest BCUT2D eigenvalue weighted by Crippen LogP contribution is 2.30. The van der Waals surface area contributed by atoms with Crippen molar-refractivity contribution in [1.82, 2.24) is 10.9 Å². The Kier molecular flexibility index (Phi) is 6.26. The van der Waals surface area contributed by atoms with Crippen molar-refractivity contribution in [3.05, 3.63) is 54.1 Å². The molecular weight excluding hydrogens is 372 g/mol. The van der Waals surface area contributed by atoms with Crippen molar-refractivity contribution in [2.24, 2.45) is 0 Å². The molecule has 1 aliphatic rings. The summed E-state index contributed by atoms with van der Waals surface area (Å²) >= 11 is 0. The summed E-state index contributed by atoms with van der Waals surface area (Å²) in [5.74, 6) is 0.943. The van der Waals surface area contributed by atoms with Crippen LogP contribution in [0.1, 0.15) is 32.8 Å². The molecule has 0 saturated heterocycles. The lowest BCUT2D eigenvalue weighted by Crippen LogP contribution is -2.51. The van der Waals surface area contributed by atoms with Gasteiger partial charge < -0.3 is 14.2 Å². The van der Waals surface area contributed by atoms with Crippen LogP contribution in [0.5, 0.6) is 17.2 Å². The van der Waals surface area contributed by atoms with Gasteiger partial charge in [-0.2, -0.15) is 0 Å². The second kappa shape index (κ2) is 8.86. The van der Waals surface area contributed by atoms with Crippen LogP contribution < -0.4 is 25.1 Å². The number of carbonyl (C=O) groups excluding carboxylic acids is 2. The molecule has 1 heterocycles. The van der Waals surface area contributed by atoms with Gasteiger partial charge in [0.15, 0.2) is 11.5 Å². The second-order valence-corrected chi connectivity index (χ2v) is 7.77. The summed E-state index contributed by atoms with van der Waals surface area (Å²) in [5.41, 5.74) is 6.01. The first-order valence-corrected chi connectivity index (χ1v) is 9.53. The Labute approximate surface area is 170 Å². The van der Waals surface area contributed by atoms with Crippen LogP contribution in [0, 0.1) is 0 Å². The molecule has 0 unspecified atom stereocenters. The number of carbonyl (C=O) groups is 2. The Bertz CT molecular complexity index is 858. The second-order valence-electron chi connectivity index (χ2n) is 7.77. The molecule has 3 rings (SSSR count). The molecular formula is C22H26N2O5. The topological polar surface area (TPSA) is 85.9 Å². The number of benzene rings is 2. The molecule has 0 bridgehead atoms. The molecule has 0 fully saturated rings. The van der Waals surface area contributed by atoms with E-state index >= 15 is 0 Å². The molecule has 1 aliphatic heterocycles. The number of fused-ring (bicyclic) bond motifs is 1. The van der Waals surface area contributed by atoms with Crippen LogP contribution in [-0.4, -0.2) is 31.1 Å². The van der Waals surface area contributed by atoms with E-state index in [4.69, 9.17) is 14.2 Å². The molecule has 2 amide bonds. The van der Waals surface area contributed by atoms with Crippen molar-refractivity contribution in [3.8, 4) is 17.2 Å². The highest BCUT2D eigenvalue weighted by atomic mass is 16.6. The van der Waals surface area contributed by atoms with Crippen LogP contribution >= 0.6 is 0 Å². The smallest absolute Gasteiger partial charge is 0.283 e. The number of para-hydroxylation sites is 2. The van der Waals surface area contributed by atoms with E-state index in [-0.39, 0.29) is 31.0 Å². The van der Waals surface area contributed by atoms with E-state index in [2.05, 4.69) is 31.6 Å². The molecule has 2 aromatic carbocycles. The third-order valence-electron chi connectivity index (χ3n) is 4.44. The van der Waals surface area contributed by atoms with Crippen molar-refractivity contribution < 1.29 is 23.8 Å². The van der Waals surface area contributed by atoms with Gasteiger partial charge in [-0.15, -0.1) is 0 Å². The van der Waals surface area contributed by atoms with Crippen LogP contribution in [0.4, 0.5) is 0 Å². The van der Waals surface area contributed by atoms with Crippen LogP contribution in [0.3, 0.4) is 0 Å². The maximum atomic E-state index is 12.2. The van der Waals surface area contributed by atoms with E-state index < -0.39 is 12.0 Å². The Morgan fingerprint density at radius 3 is 2.41 bits per heavy atom. The van der Waals surface area contributed by atoms with Gasteiger partial charge in [-0.05, 0) is 35.2 Å². The summed E-state index contributed by atoms with van der Waals surface area (Å²) in [6.45, 7) is 6.71. The summed E-state index contributed by atoms with van der Waals surface area (Å²) in [4.78, 5) is 24.1. The lowest BCUT2D eigenvalue weighted by atomic mass is 9.87. The van der Waals surface area contributed by atoms with E-state index in [1.807, 2.05) is 30.3 Å². The fourth-order valence-corrected chi connectivity index (χ4v) is 2.74. The van der Waals surface area contributed by atoms with Gasteiger partial charge in [0, 0.05) is 0 Å². The largest absolute Gasteiger partial charge is 0.493 e. The first-order chi connectivity index (χ1) is 13.8. The minimum atomic E-state index is -0.831. The van der Waals surface area contributed by atoms with E-state index in [1.54, 1.807) is 18.2 Å². The lowest BCUT2D eigenvalue weighted by molar-refractivity contribution is -0.135. The highest BCUT2D eigenvalue weighted by Gasteiger charge is 2.27. The summed E-state index contributed by atoms with van der Waals surface area (Å²) in [7, 11) is 0. The normalized spacial score (nSPS) is 15.3. The van der Waals surface area contributed by atoms with Crippen molar-refractivity contribution in [1.29, 1.82) is 0 Å². The van der Waals surface area contributed by atoms with E-state index in [0.29, 0.717) is 17.2 Å². The van der Waals surface area contributed by atoms with Crippen LogP contribution in [0.15, 0.2) is 48.5 Å². The molecule has 1 atom stereocenters. The summed E-state index contributed by atoms with van der Waals surface area (Å²) in [6.07, 6.45) is -0.727. The number of ether oxygens (including phenoxy) is 3. The summed E-state index contributed by atoms with van der Waals surface area (Å²) < 4.78 is 16.7. The van der Waals surface area contributed by atoms with E-state index in [9.17, 15) is 9.59 Å². The van der Waals surface area contributed by atoms with E-state index in [1.165, 1.54) is 5.56 Å². The van der Waals surface area contributed by atoms with Crippen molar-refractivity contribution in [2.75, 3.05) is 13.2 Å². The predicted molar refractivity (Wildman–Crippen MR) is 108 cm³/mol. The van der Waals surface area contributed by atoms with Crippen molar-refractivity contribution in [3.63, 3.8) is 0 Å². The quantitative estimate of drug-likeness (QED) is 0.757. The van der Waals surface area contributed by atoms with Crippen molar-refractivity contribution in [2.45, 2.75) is 38.7 Å². The number of amides is 2. The molecule has 0 spiro atoms. The van der Waals surface area contributed by atoms with Crippen molar-refractivity contribution >= 4 is 11.8 Å². The minimum absolute atomic E-state index is 0.0752. The van der Waals surface area contributed by atoms with Gasteiger partial charge in [-0.3, -0.25) is 20.4 Å². The van der Waals surface area contributed by atoms with Crippen LogP contribution in [0.25, 0.3) is 0 Å². The van der Waals surface area contributed by atoms with Crippen LogP contribution in [0.2, 0.25) is 0 Å². The molecule has 0 aromatic heterocycles. The number of nitrogens with one attached hydrogen (secondary N) is 2. The Balaban J connectivity index is 1.37. The molecule has 154 valence electrons. The fourth-order valence-electron chi connectivity index (χ4n) is 2.74. The molecule has 7 nitrogen and oxygen atoms in total. The zero-order chi connectivity index (χ0) is 20.9. The molecule has 0 aliphatic carbocycles. The third kappa shape index (κ3) is 5.63. The first-order valence-electron chi connectivity index (χ1n) is 9.53. The third-order valence-corrected chi connectivity index (χ3v) is 4.44. The minimum Gasteiger partial charge on any atom is -0.493 e. The number of hydrogen-bond donors (Lipinski definition) is 2. The number of hydrogen-bond acceptors (Lipinski definition) is 5. The van der Waals surface area contributed by atoms with Gasteiger partial charge in [-0.1, -0.05) is 45.0 Å². The molecule has 29 heavy (non-hydrogen) atoms. The molecule has 0 saturated carbocycles. The average molecular weight is 398 g/mol. The maximum absolute atomic E-state index is 12.2. The lowest BCUT2D eigenvalue weighted by Gasteiger charge is -2.25. The van der Waals surface area contributed by atoms with Gasteiger partial charge in [0.05, 0.1) is 13.0 Å².